The van der Waals surface area contributed by atoms with E-state index in [1.165, 1.54) is 6.08 Å². The van der Waals surface area contributed by atoms with E-state index in [-0.39, 0.29) is 5.78 Å². The molecule has 0 spiro atoms. The fraction of sp³-hybridized carbons (Fsp3) is 0.0500. The summed E-state index contributed by atoms with van der Waals surface area (Å²) in [5.41, 5.74) is 2.63. The fourth-order valence-corrected chi connectivity index (χ4v) is 2.84. The monoisotopic (exact) mass is 444 g/mol. The van der Waals surface area contributed by atoms with E-state index in [9.17, 15) is 4.79 Å². The minimum atomic E-state index is -0.0846. The third-order valence-electron chi connectivity index (χ3n) is 3.49. The maximum absolute atomic E-state index is 12.4. The second-order valence-electron chi connectivity index (χ2n) is 5.42. The summed E-state index contributed by atoms with van der Waals surface area (Å²) in [6, 6.07) is 15.1. The van der Waals surface area contributed by atoms with Crippen LogP contribution in [0.3, 0.4) is 0 Å². The molecule has 0 atom stereocenters. The van der Waals surface area contributed by atoms with Crippen molar-refractivity contribution in [1.82, 2.24) is 0 Å². The average Bonchev–Trinajstić information content (AvgIpc) is 2.55. The number of hydrogen-bond donors (Lipinski definition) is 0. The Morgan fingerprint density at radius 2 is 1.50 bits per heavy atom. The van der Waals surface area contributed by atoms with Gasteiger partial charge in [0, 0.05) is 26.1 Å². The molecule has 2 aromatic rings. The molecule has 1 aliphatic rings. The van der Waals surface area contributed by atoms with Gasteiger partial charge in [-0.3, -0.25) is 4.79 Å². The van der Waals surface area contributed by atoms with Gasteiger partial charge in [0.05, 0.1) is 0 Å². The van der Waals surface area contributed by atoms with E-state index in [4.69, 9.17) is 4.74 Å². The van der Waals surface area contributed by atoms with Crippen molar-refractivity contribution in [3.8, 4) is 0 Å². The summed E-state index contributed by atoms with van der Waals surface area (Å²) in [6.45, 7) is 1.99. The Balaban J connectivity index is 1.85. The first-order valence-corrected chi connectivity index (χ1v) is 8.95. The zero-order valence-corrected chi connectivity index (χ0v) is 16.1. The second kappa shape index (κ2) is 7.32. The van der Waals surface area contributed by atoms with E-state index in [2.05, 4.69) is 31.9 Å². The topological polar surface area (TPSA) is 26.3 Å². The van der Waals surface area contributed by atoms with Crippen molar-refractivity contribution >= 4 is 43.4 Å². The number of rotatable bonds is 3. The van der Waals surface area contributed by atoms with Crippen molar-refractivity contribution in [2.45, 2.75) is 6.92 Å². The third kappa shape index (κ3) is 4.13. The third-order valence-corrected chi connectivity index (χ3v) is 4.54. The van der Waals surface area contributed by atoms with Crippen LogP contribution in [0, 0.1) is 0 Å². The molecule has 0 bridgehead atoms. The second-order valence-corrected chi connectivity index (χ2v) is 7.26. The highest BCUT2D eigenvalue weighted by Gasteiger charge is 2.13. The van der Waals surface area contributed by atoms with Crippen LogP contribution in [0.1, 0.15) is 22.8 Å². The van der Waals surface area contributed by atoms with Gasteiger partial charge in [0.1, 0.15) is 11.5 Å². The minimum absolute atomic E-state index is 0.0846. The molecule has 0 aliphatic carbocycles. The normalized spacial score (nSPS) is 15.5. The van der Waals surface area contributed by atoms with Crippen LogP contribution in [-0.4, -0.2) is 5.78 Å². The summed E-state index contributed by atoms with van der Waals surface area (Å²) in [4.78, 5) is 12.4. The summed E-state index contributed by atoms with van der Waals surface area (Å²) in [7, 11) is 0. The smallest absolute Gasteiger partial charge is 0.189 e. The molecule has 2 nitrogen and oxygen atoms in total. The lowest BCUT2D eigenvalue weighted by Crippen LogP contribution is -2.02. The van der Waals surface area contributed by atoms with Gasteiger partial charge in [-0.15, -0.1) is 0 Å². The summed E-state index contributed by atoms with van der Waals surface area (Å²) in [5.74, 6) is 1.19. The zero-order chi connectivity index (χ0) is 17.1. The number of carbonyl (C=O) groups is 1. The Kier molecular flexibility index (Phi) is 5.17. The van der Waals surface area contributed by atoms with Crippen LogP contribution in [0.15, 0.2) is 87.0 Å². The summed E-state index contributed by atoms with van der Waals surface area (Å²) < 4.78 is 7.85. The van der Waals surface area contributed by atoms with Gasteiger partial charge in [-0.05, 0) is 61.0 Å². The summed E-state index contributed by atoms with van der Waals surface area (Å²) in [6.07, 6.45) is 5.35. The first-order chi connectivity index (χ1) is 11.5. The van der Waals surface area contributed by atoms with E-state index >= 15 is 0 Å². The molecule has 0 N–H and O–H groups in total. The van der Waals surface area contributed by atoms with Crippen molar-refractivity contribution in [3.05, 3.63) is 98.2 Å². The minimum Gasteiger partial charge on any atom is -0.457 e. The Morgan fingerprint density at radius 3 is 2.12 bits per heavy atom. The maximum atomic E-state index is 12.4. The fourth-order valence-electron chi connectivity index (χ4n) is 2.31. The largest absolute Gasteiger partial charge is 0.457 e. The van der Waals surface area contributed by atoms with E-state index in [0.29, 0.717) is 11.3 Å². The van der Waals surface area contributed by atoms with Crippen molar-refractivity contribution in [2.75, 3.05) is 0 Å². The van der Waals surface area contributed by atoms with Gasteiger partial charge < -0.3 is 4.74 Å². The number of hydrogen-bond acceptors (Lipinski definition) is 2. The molecule has 0 saturated carbocycles. The standard InChI is InChI=1S/C20H14Br2O2/c1-13-10-18(12-19(23)14-2-6-16(21)7-3-14)24-20(11-13)15-4-8-17(22)9-5-15/h2-12H,1H3/b18-12+. The SMILES string of the molecule is CC1=C/C(=C\C(=O)c2ccc(Br)cc2)OC(c2ccc(Br)cc2)=C1. The Morgan fingerprint density at radius 1 is 0.917 bits per heavy atom. The molecular formula is C20H14Br2O2. The van der Waals surface area contributed by atoms with Gasteiger partial charge in [-0.1, -0.05) is 44.0 Å². The van der Waals surface area contributed by atoms with Crippen molar-refractivity contribution < 1.29 is 9.53 Å². The predicted octanol–water partition coefficient (Wildman–Crippen LogP) is 6.30. The van der Waals surface area contributed by atoms with Gasteiger partial charge in [0.2, 0.25) is 0 Å². The summed E-state index contributed by atoms with van der Waals surface area (Å²) >= 11 is 6.79. The summed E-state index contributed by atoms with van der Waals surface area (Å²) in [5, 5.41) is 0. The van der Waals surface area contributed by atoms with Gasteiger partial charge in [-0.2, -0.15) is 0 Å². The van der Waals surface area contributed by atoms with Crippen LogP contribution in [-0.2, 0) is 4.74 Å². The molecule has 0 fully saturated rings. The van der Waals surface area contributed by atoms with E-state index < -0.39 is 0 Å². The highest BCUT2D eigenvalue weighted by Crippen LogP contribution is 2.28. The molecule has 24 heavy (non-hydrogen) atoms. The van der Waals surface area contributed by atoms with Gasteiger partial charge in [0.15, 0.2) is 5.78 Å². The lowest BCUT2D eigenvalue weighted by molar-refractivity contribution is 0.104. The van der Waals surface area contributed by atoms with Crippen LogP contribution in [0.5, 0.6) is 0 Å². The first-order valence-electron chi connectivity index (χ1n) is 7.37. The van der Waals surface area contributed by atoms with Gasteiger partial charge >= 0.3 is 0 Å². The van der Waals surface area contributed by atoms with Crippen LogP contribution in [0.2, 0.25) is 0 Å². The predicted molar refractivity (Wildman–Crippen MR) is 104 cm³/mol. The first kappa shape index (κ1) is 16.9. The van der Waals surface area contributed by atoms with Gasteiger partial charge in [-0.25, -0.2) is 0 Å². The molecule has 0 aromatic heterocycles. The van der Waals surface area contributed by atoms with Crippen LogP contribution < -0.4 is 0 Å². The van der Waals surface area contributed by atoms with Crippen molar-refractivity contribution in [3.63, 3.8) is 0 Å². The molecule has 0 saturated heterocycles. The quantitative estimate of drug-likeness (QED) is 0.409. The lowest BCUT2D eigenvalue weighted by Gasteiger charge is -2.16. The molecule has 4 heteroatoms. The number of allylic oxidation sites excluding steroid dienone is 4. The van der Waals surface area contributed by atoms with Crippen LogP contribution >= 0.6 is 31.9 Å². The molecule has 1 aliphatic heterocycles. The number of halogens is 2. The molecule has 1 heterocycles. The molecule has 3 rings (SSSR count). The number of benzene rings is 2. The lowest BCUT2D eigenvalue weighted by atomic mass is 10.1. The van der Waals surface area contributed by atoms with Crippen molar-refractivity contribution in [2.24, 2.45) is 0 Å². The average molecular weight is 446 g/mol. The molecule has 120 valence electrons. The van der Waals surface area contributed by atoms with Gasteiger partial charge in [0.25, 0.3) is 0 Å². The number of carbonyl (C=O) groups excluding carboxylic acids is 1. The van der Waals surface area contributed by atoms with Crippen LogP contribution in [0.25, 0.3) is 5.76 Å². The van der Waals surface area contributed by atoms with E-state index in [1.54, 1.807) is 12.1 Å². The number of ether oxygens (including phenoxy) is 1. The molecular weight excluding hydrogens is 432 g/mol. The molecule has 0 amide bonds. The zero-order valence-electron chi connectivity index (χ0n) is 12.9. The van der Waals surface area contributed by atoms with Crippen molar-refractivity contribution in [1.29, 1.82) is 0 Å². The molecule has 0 radical (unpaired) electrons. The molecule has 0 unspecified atom stereocenters. The maximum Gasteiger partial charge on any atom is 0.189 e. The van der Waals surface area contributed by atoms with E-state index in [0.717, 1.165) is 25.8 Å². The Labute approximate surface area is 157 Å². The Hall–Kier alpha value is -1.91. The Bertz CT molecular complexity index is 858. The molecule has 2 aromatic carbocycles. The van der Waals surface area contributed by atoms with E-state index in [1.807, 2.05) is 55.5 Å². The van der Waals surface area contributed by atoms with Crippen LogP contribution in [0.4, 0.5) is 0 Å². The highest BCUT2D eigenvalue weighted by atomic mass is 79.9. The number of ketones is 1. The highest BCUT2D eigenvalue weighted by molar-refractivity contribution is 9.10.